The molecule has 2 aromatic rings. The molecule has 8 nitrogen and oxygen atoms in total. The number of nitro benzene ring substituents is 1. The topological polar surface area (TPSA) is 111 Å². The van der Waals surface area contributed by atoms with Gasteiger partial charge in [0.2, 0.25) is 10.0 Å². The summed E-state index contributed by atoms with van der Waals surface area (Å²) < 4.78 is 31.2. The summed E-state index contributed by atoms with van der Waals surface area (Å²) in [6, 6.07) is 13.1. The molecule has 134 valence electrons. The van der Waals surface area contributed by atoms with E-state index in [1.54, 1.807) is 0 Å². The van der Waals surface area contributed by atoms with Gasteiger partial charge in [0.15, 0.2) is 0 Å². The van der Waals surface area contributed by atoms with Gasteiger partial charge in [0, 0.05) is 12.6 Å². The highest BCUT2D eigenvalue weighted by molar-refractivity contribution is 7.89. The van der Waals surface area contributed by atoms with Crippen molar-refractivity contribution in [1.29, 1.82) is 0 Å². The maximum atomic E-state index is 11.8. The van der Waals surface area contributed by atoms with E-state index in [-0.39, 0.29) is 16.3 Å². The molecule has 0 aromatic heterocycles. The van der Waals surface area contributed by atoms with E-state index in [0.29, 0.717) is 19.6 Å². The van der Waals surface area contributed by atoms with Crippen molar-refractivity contribution in [2.24, 2.45) is 0 Å². The summed E-state index contributed by atoms with van der Waals surface area (Å²) in [5.41, 5.74) is -0.0277. The van der Waals surface area contributed by atoms with E-state index in [4.69, 9.17) is 4.74 Å². The van der Waals surface area contributed by atoms with Gasteiger partial charge in [0.05, 0.1) is 16.4 Å². The summed E-state index contributed by atoms with van der Waals surface area (Å²) in [6.45, 7) is 0.906. The van der Waals surface area contributed by atoms with Gasteiger partial charge in [0.1, 0.15) is 11.4 Å². The minimum absolute atomic E-state index is 0.153. The fourth-order valence-corrected chi connectivity index (χ4v) is 2.85. The highest BCUT2D eigenvalue weighted by Gasteiger charge is 2.20. The van der Waals surface area contributed by atoms with Crippen molar-refractivity contribution in [3.05, 3.63) is 58.6 Å². The normalized spacial score (nSPS) is 11.1. The Balaban J connectivity index is 1.96. The van der Waals surface area contributed by atoms with Crippen LogP contribution in [-0.4, -0.2) is 33.5 Å². The lowest BCUT2D eigenvalue weighted by Crippen LogP contribution is -2.19. The van der Waals surface area contributed by atoms with Crippen LogP contribution in [0.2, 0.25) is 0 Å². The molecule has 2 aromatic carbocycles. The Morgan fingerprint density at radius 1 is 1.16 bits per heavy atom. The Morgan fingerprint density at radius 2 is 1.88 bits per heavy atom. The lowest BCUT2D eigenvalue weighted by atomic mass is 10.2. The molecule has 0 amide bonds. The van der Waals surface area contributed by atoms with Crippen LogP contribution in [0.15, 0.2) is 53.4 Å². The monoisotopic (exact) mass is 365 g/mol. The Bertz CT molecular complexity index is 825. The Kier molecular flexibility index (Phi) is 6.31. The molecule has 0 saturated heterocycles. The van der Waals surface area contributed by atoms with Crippen molar-refractivity contribution in [2.75, 3.05) is 25.5 Å². The highest BCUT2D eigenvalue weighted by atomic mass is 32.2. The molecule has 0 fully saturated rings. The maximum Gasteiger partial charge on any atom is 0.293 e. The number of anilines is 1. The summed E-state index contributed by atoms with van der Waals surface area (Å²) >= 11 is 0. The van der Waals surface area contributed by atoms with E-state index >= 15 is 0 Å². The number of nitrogens with zero attached hydrogens (tertiary/aromatic N) is 1. The van der Waals surface area contributed by atoms with E-state index in [2.05, 4.69) is 10.0 Å². The van der Waals surface area contributed by atoms with Crippen LogP contribution < -0.4 is 14.8 Å². The summed E-state index contributed by atoms with van der Waals surface area (Å²) in [5, 5.41) is 14.1. The molecule has 25 heavy (non-hydrogen) atoms. The van der Waals surface area contributed by atoms with Gasteiger partial charge in [-0.05, 0) is 37.7 Å². The van der Waals surface area contributed by atoms with E-state index in [0.717, 1.165) is 11.8 Å². The van der Waals surface area contributed by atoms with Gasteiger partial charge in [-0.3, -0.25) is 10.1 Å². The molecule has 0 atom stereocenters. The number of para-hydroxylation sites is 1. The van der Waals surface area contributed by atoms with Gasteiger partial charge in [-0.2, -0.15) is 0 Å². The Hall–Kier alpha value is -2.65. The smallest absolute Gasteiger partial charge is 0.293 e. The van der Waals surface area contributed by atoms with Crippen LogP contribution in [0.5, 0.6) is 5.75 Å². The Morgan fingerprint density at radius 3 is 2.52 bits per heavy atom. The molecule has 0 radical (unpaired) electrons. The molecule has 0 saturated carbocycles. The lowest BCUT2D eigenvalue weighted by Gasteiger charge is -2.10. The van der Waals surface area contributed by atoms with Crippen LogP contribution in [0.3, 0.4) is 0 Å². The van der Waals surface area contributed by atoms with E-state index in [9.17, 15) is 18.5 Å². The fraction of sp³-hybridized carbons (Fsp3) is 0.250. The van der Waals surface area contributed by atoms with Crippen molar-refractivity contribution in [2.45, 2.75) is 11.3 Å². The molecular formula is C16H19N3O5S. The maximum absolute atomic E-state index is 11.8. The van der Waals surface area contributed by atoms with Crippen molar-refractivity contribution >= 4 is 21.4 Å². The number of rotatable bonds is 9. The predicted octanol–water partition coefficient (Wildman–Crippen LogP) is 2.38. The van der Waals surface area contributed by atoms with Crippen LogP contribution in [0.4, 0.5) is 11.4 Å². The average molecular weight is 365 g/mol. The lowest BCUT2D eigenvalue weighted by molar-refractivity contribution is -0.384. The first-order chi connectivity index (χ1) is 11.9. The van der Waals surface area contributed by atoms with E-state index < -0.39 is 14.9 Å². The largest absolute Gasteiger partial charge is 0.494 e. The highest BCUT2D eigenvalue weighted by Crippen LogP contribution is 2.27. The number of hydrogen-bond donors (Lipinski definition) is 2. The molecule has 0 bridgehead atoms. The minimum Gasteiger partial charge on any atom is -0.494 e. The van der Waals surface area contributed by atoms with Crippen molar-refractivity contribution < 1.29 is 18.1 Å². The van der Waals surface area contributed by atoms with Crippen LogP contribution in [-0.2, 0) is 10.0 Å². The van der Waals surface area contributed by atoms with Crippen LogP contribution >= 0.6 is 0 Å². The second-order valence-electron chi connectivity index (χ2n) is 5.09. The Labute approximate surface area is 146 Å². The number of hydrogen-bond acceptors (Lipinski definition) is 6. The van der Waals surface area contributed by atoms with Gasteiger partial charge in [0.25, 0.3) is 5.69 Å². The molecule has 2 rings (SSSR count). The summed E-state index contributed by atoms with van der Waals surface area (Å²) in [6.07, 6.45) is 0.628. The molecule has 0 aliphatic rings. The van der Waals surface area contributed by atoms with Crippen molar-refractivity contribution in [3.63, 3.8) is 0 Å². The number of nitrogens with one attached hydrogen (secondary N) is 2. The zero-order chi connectivity index (χ0) is 18.3. The van der Waals surface area contributed by atoms with Gasteiger partial charge in [-0.1, -0.05) is 18.2 Å². The fourth-order valence-electron chi connectivity index (χ4n) is 2.10. The van der Waals surface area contributed by atoms with Crippen LogP contribution in [0, 0.1) is 10.1 Å². The SMILES string of the molecule is CNS(=O)(=O)c1ccc(NCCCOc2ccccc2)c([N+](=O)[O-])c1. The third kappa shape index (κ3) is 5.16. The predicted molar refractivity (Wildman–Crippen MR) is 94.4 cm³/mol. The third-order valence-electron chi connectivity index (χ3n) is 3.39. The minimum atomic E-state index is -3.73. The van der Waals surface area contributed by atoms with Crippen molar-refractivity contribution in [3.8, 4) is 5.75 Å². The number of nitro groups is 1. The number of ether oxygens (including phenoxy) is 1. The molecule has 0 heterocycles. The molecule has 2 N–H and O–H groups in total. The second kappa shape index (κ2) is 8.45. The molecule has 0 aliphatic heterocycles. The van der Waals surface area contributed by atoms with E-state index in [1.807, 2.05) is 30.3 Å². The van der Waals surface area contributed by atoms with E-state index in [1.165, 1.54) is 19.2 Å². The van der Waals surface area contributed by atoms with Gasteiger partial charge in [-0.25, -0.2) is 13.1 Å². The van der Waals surface area contributed by atoms with Gasteiger partial charge >= 0.3 is 0 Å². The molecule has 0 unspecified atom stereocenters. The standard InChI is InChI=1S/C16H19N3O5S/c1-17-25(22,23)14-8-9-15(16(12-14)19(20)21)18-10-5-11-24-13-6-3-2-4-7-13/h2-4,6-9,12,17-18H,5,10-11H2,1H3. The first-order valence-corrected chi connectivity index (χ1v) is 9.06. The molecule has 0 aliphatic carbocycles. The number of benzene rings is 2. The average Bonchev–Trinajstić information content (AvgIpc) is 2.62. The second-order valence-corrected chi connectivity index (χ2v) is 6.97. The molecule has 9 heteroatoms. The third-order valence-corrected chi connectivity index (χ3v) is 4.81. The summed E-state index contributed by atoms with van der Waals surface area (Å²) in [5.74, 6) is 0.759. The summed E-state index contributed by atoms with van der Waals surface area (Å²) in [4.78, 5) is 10.4. The van der Waals surface area contributed by atoms with Crippen molar-refractivity contribution in [1.82, 2.24) is 4.72 Å². The molecule has 0 spiro atoms. The first-order valence-electron chi connectivity index (χ1n) is 7.58. The first kappa shape index (κ1) is 18.7. The van der Waals surface area contributed by atoms with Gasteiger partial charge in [-0.15, -0.1) is 0 Å². The molecular weight excluding hydrogens is 346 g/mol. The van der Waals surface area contributed by atoms with Crippen LogP contribution in [0.25, 0.3) is 0 Å². The summed E-state index contributed by atoms with van der Waals surface area (Å²) in [7, 11) is -2.48. The zero-order valence-corrected chi connectivity index (χ0v) is 14.5. The van der Waals surface area contributed by atoms with Crippen LogP contribution in [0.1, 0.15) is 6.42 Å². The quantitative estimate of drug-likeness (QED) is 0.401. The zero-order valence-electron chi connectivity index (χ0n) is 13.6. The number of sulfonamides is 1. The van der Waals surface area contributed by atoms with Gasteiger partial charge < -0.3 is 10.1 Å².